The maximum atomic E-state index is 14.2. The van der Waals surface area contributed by atoms with Crippen molar-refractivity contribution in [1.29, 1.82) is 0 Å². The molecule has 4 aliphatic rings. The number of fused-ring (bicyclic) bond motifs is 1. The minimum absolute atomic E-state index is 0.0629. The Morgan fingerprint density at radius 3 is 2.56 bits per heavy atom. The lowest BCUT2D eigenvalue weighted by Gasteiger charge is -2.42. The summed E-state index contributed by atoms with van der Waals surface area (Å²) in [6.45, 7) is 9.29. The van der Waals surface area contributed by atoms with E-state index >= 15 is 0 Å². The topological polar surface area (TPSA) is 107 Å². The number of carboxylic acids is 1. The van der Waals surface area contributed by atoms with Crippen LogP contribution in [0, 0.1) is 17.8 Å². The van der Waals surface area contributed by atoms with Gasteiger partial charge < -0.3 is 24.7 Å². The van der Waals surface area contributed by atoms with Crippen LogP contribution in [-0.2, 0) is 19.1 Å². The van der Waals surface area contributed by atoms with Gasteiger partial charge in [0, 0.05) is 12.6 Å². The number of ether oxygens (including phenoxy) is 1. The van der Waals surface area contributed by atoms with Crippen LogP contribution in [0.1, 0.15) is 59.3 Å². The molecule has 0 aromatic heterocycles. The predicted molar refractivity (Wildman–Crippen MR) is 117 cm³/mol. The third-order valence-electron chi connectivity index (χ3n) is 8.62. The first-order valence-corrected chi connectivity index (χ1v) is 11.9. The molecular formula is C24H36N2O6. The number of likely N-dealkylation sites (tertiary alicyclic amines) is 1. The van der Waals surface area contributed by atoms with Gasteiger partial charge in [0.25, 0.3) is 0 Å². The summed E-state index contributed by atoms with van der Waals surface area (Å²) < 4.78 is 6.50. The van der Waals surface area contributed by atoms with Crippen molar-refractivity contribution in [2.75, 3.05) is 13.2 Å². The monoisotopic (exact) mass is 448 g/mol. The lowest BCUT2D eigenvalue weighted by atomic mass is 9.62. The number of hydrogen-bond donors (Lipinski definition) is 2. The molecule has 2 N–H and O–H groups in total. The molecule has 2 amide bonds. The molecule has 1 saturated carbocycles. The van der Waals surface area contributed by atoms with Crippen molar-refractivity contribution in [1.82, 2.24) is 9.80 Å². The Kier molecular flexibility index (Phi) is 5.91. The summed E-state index contributed by atoms with van der Waals surface area (Å²) >= 11 is 0. The Bertz CT molecular complexity index is 810. The molecule has 178 valence electrons. The van der Waals surface area contributed by atoms with Crippen LogP contribution in [0.15, 0.2) is 12.7 Å². The van der Waals surface area contributed by atoms with E-state index in [0.717, 1.165) is 32.1 Å². The van der Waals surface area contributed by atoms with Crippen LogP contribution >= 0.6 is 0 Å². The Labute approximate surface area is 189 Å². The number of carboxylic acid groups (broad SMARTS) is 1. The maximum Gasteiger partial charge on any atom is 0.310 e. The van der Waals surface area contributed by atoms with Gasteiger partial charge in [-0.15, -0.1) is 6.58 Å². The lowest BCUT2D eigenvalue weighted by Crippen LogP contribution is -2.60. The first-order chi connectivity index (χ1) is 15.1. The predicted octanol–water partition coefficient (Wildman–Crippen LogP) is 1.81. The molecule has 8 heteroatoms. The van der Waals surface area contributed by atoms with Crippen molar-refractivity contribution >= 4 is 17.8 Å². The fraction of sp³-hybridized carbons (Fsp3) is 0.792. The average Bonchev–Trinajstić information content (AvgIpc) is 3.28. The summed E-state index contributed by atoms with van der Waals surface area (Å²) in [5.74, 6) is -3.74. The Morgan fingerprint density at radius 1 is 1.34 bits per heavy atom. The minimum atomic E-state index is -1.19. The van der Waals surface area contributed by atoms with Gasteiger partial charge in [-0.25, -0.2) is 0 Å². The van der Waals surface area contributed by atoms with Crippen molar-refractivity contribution < 1.29 is 29.3 Å². The highest BCUT2D eigenvalue weighted by Crippen LogP contribution is 2.65. The molecule has 0 aromatic rings. The summed E-state index contributed by atoms with van der Waals surface area (Å²) in [4.78, 5) is 43.5. The molecular weight excluding hydrogens is 412 g/mol. The van der Waals surface area contributed by atoms with E-state index in [0.29, 0.717) is 13.0 Å². The number of rotatable bonds is 7. The van der Waals surface area contributed by atoms with Gasteiger partial charge in [0.05, 0.1) is 24.2 Å². The fourth-order valence-electron chi connectivity index (χ4n) is 7.00. The first-order valence-electron chi connectivity index (χ1n) is 11.9. The first kappa shape index (κ1) is 23.2. The number of aliphatic hydroxyl groups excluding tert-OH is 1. The lowest BCUT2D eigenvalue weighted by molar-refractivity contribution is -0.160. The van der Waals surface area contributed by atoms with Crippen LogP contribution in [0.2, 0.25) is 0 Å². The van der Waals surface area contributed by atoms with Gasteiger partial charge in [0.2, 0.25) is 11.8 Å². The summed E-state index contributed by atoms with van der Waals surface area (Å²) in [5.41, 5.74) is -2.20. The SMILES string of the molecule is C=CCN(C(=O)C1N([C@H](C)CO)C(=O)[C@@H]2[C@@H](C(=O)O)[C@]3(C)OC12CC3C)C1CCCCC1. The zero-order valence-corrected chi connectivity index (χ0v) is 19.3. The number of aliphatic hydroxyl groups is 1. The van der Waals surface area contributed by atoms with Crippen LogP contribution in [0.25, 0.3) is 0 Å². The van der Waals surface area contributed by atoms with Gasteiger partial charge >= 0.3 is 5.97 Å². The zero-order chi connectivity index (χ0) is 23.4. The molecule has 1 aliphatic carbocycles. The highest BCUT2D eigenvalue weighted by atomic mass is 16.5. The van der Waals surface area contributed by atoms with E-state index in [1.165, 1.54) is 4.90 Å². The highest BCUT2D eigenvalue weighted by molar-refractivity contribution is 5.98. The van der Waals surface area contributed by atoms with Crippen LogP contribution in [0.5, 0.6) is 0 Å². The van der Waals surface area contributed by atoms with Gasteiger partial charge in [-0.1, -0.05) is 32.3 Å². The van der Waals surface area contributed by atoms with Gasteiger partial charge in [-0.2, -0.15) is 0 Å². The third-order valence-corrected chi connectivity index (χ3v) is 8.62. The third kappa shape index (κ3) is 3.05. The Balaban J connectivity index is 1.81. The fourth-order valence-corrected chi connectivity index (χ4v) is 7.00. The molecule has 3 unspecified atom stereocenters. The molecule has 8 nitrogen and oxygen atoms in total. The molecule has 7 atom stereocenters. The largest absolute Gasteiger partial charge is 0.481 e. The number of aliphatic carboxylic acids is 1. The molecule has 2 bridgehead atoms. The van der Waals surface area contributed by atoms with Gasteiger partial charge in [-0.3, -0.25) is 14.4 Å². The van der Waals surface area contributed by atoms with Gasteiger partial charge in [0.1, 0.15) is 17.6 Å². The Hall–Kier alpha value is -1.93. The maximum absolute atomic E-state index is 14.2. The van der Waals surface area contributed by atoms with E-state index in [-0.39, 0.29) is 24.5 Å². The van der Waals surface area contributed by atoms with E-state index in [2.05, 4.69) is 6.58 Å². The van der Waals surface area contributed by atoms with Crippen LogP contribution in [0.3, 0.4) is 0 Å². The second-order valence-corrected chi connectivity index (χ2v) is 10.4. The molecule has 3 aliphatic heterocycles. The van der Waals surface area contributed by atoms with Gasteiger partial charge in [0.15, 0.2) is 0 Å². The van der Waals surface area contributed by atoms with Crippen LogP contribution < -0.4 is 0 Å². The highest BCUT2D eigenvalue weighted by Gasteiger charge is 2.80. The molecule has 4 rings (SSSR count). The minimum Gasteiger partial charge on any atom is -0.481 e. The number of nitrogens with zero attached hydrogens (tertiary/aromatic N) is 2. The zero-order valence-electron chi connectivity index (χ0n) is 19.3. The molecule has 32 heavy (non-hydrogen) atoms. The number of hydrogen-bond acceptors (Lipinski definition) is 5. The molecule has 3 heterocycles. The molecule has 4 fully saturated rings. The quantitative estimate of drug-likeness (QED) is 0.575. The van der Waals surface area contributed by atoms with Crippen LogP contribution in [0.4, 0.5) is 0 Å². The number of carbonyl (C=O) groups is 3. The second-order valence-electron chi connectivity index (χ2n) is 10.4. The second kappa shape index (κ2) is 8.13. The van der Waals surface area contributed by atoms with Gasteiger partial charge in [-0.05, 0) is 39.0 Å². The van der Waals surface area contributed by atoms with E-state index < -0.39 is 47.0 Å². The van der Waals surface area contributed by atoms with Crippen molar-refractivity contribution in [3.63, 3.8) is 0 Å². The van der Waals surface area contributed by atoms with Crippen molar-refractivity contribution in [2.24, 2.45) is 17.8 Å². The van der Waals surface area contributed by atoms with Crippen molar-refractivity contribution in [2.45, 2.75) is 88.6 Å². The molecule has 3 saturated heterocycles. The summed E-state index contributed by atoms with van der Waals surface area (Å²) in [5, 5.41) is 20.0. The molecule has 1 spiro atoms. The summed E-state index contributed by atoms with van der Waals surface area (Å²) in [6, 6.07) is -1.50. The summed E-state index contributed by atoms with van der Waals surface area (Å²) in [7, 11) is 0. The van der Waals surface area contributed by atoms with E-state index in [1.807, 2.05) is 11.8 Å². The average molecular weight is 449 g/mol. The standard InChI is InChI=1S/C24H36N2O6/c1-5-11-25(16-9-7-6-8-10-16)21(29)19-24-12-14(2)23(4,32-24)18(22(30)31)17(24)20(28)26(19)15(3)13-27/h5,14-19,27H,1,6-13H2,2-4H3,(H,30,31)/t14?,15-,17+,18+,19?,23-,24?/m1/s1. The Morgan fingerprint density at radius 2 is 2.00 bits per heavy atom. The van der Waals surface area contributed by atoms with Crippen molar-refractivity contribution in [3.8, 4) is 0 Å². The number of amides is 2. The number of carbonyl (C=O) groups excluding carboxylic acids is 2. The normalized spacial score (nSPS) is 39.8. The molecule has 0 radical (unpaired) electrons. The summed E-state index contributed by atoms with van der Waals surface area (Å²) in [6.07, 6.45) is 7.20. The smallest absolute Gasteiger partial charge is 0.310 e. The van der Waals surface area contributed by atoms with E-state index in [9.17, 15) is 24.6 Å². The van der Waals surface area contributed by atoms with E-state index in [4.69, 9.17) is 4.74 Å². The van der Waals surface area contributed by atoms with E-state index in [1.54, 1.807) is 19.9 Å². The van der Waals surface area contributed by atoms with Crippen LogP contribution in [-0.4, -0.2) is 80.3 Å². The van der Waals surface area contributed by atoms with Crippen molar-refractivity contribution in [3.05, 3.63) is 12.7 Å². The molecule has 0 aromatic carbocycles.